The lowest BCUT2D eigenvalue weighted by Crippen LogP contribution is -2.63. The van der Waals surface area contributed by atoms with Gasteiger partial charge in [-0.1, -0.05) is 116 Å². The lowest BCUT2D eigenvalue weighted by Gasteiger charge is -2.39. The minimum absolute atomic E-state index is 0.00917. The van der Waals surface area contributed by atoms with Crippen LogP contribution in [0.3, 0.4) is 0 Å². The molecule has 2 aliphatic rings. The van der Waals surface area contributed by atoms with Crippen molar-refractivity contribution in [2.24, 2.45) is 23.7 Å². The number of rotatable bonds is 17. The van der Waals surface area contributed by atoms with E-state index in [2.05, 4.69) is 21.3 Å². The largest absolute Gasteiger partial charge is 0.391 e. The first kappa shape index (κ1) is 79.5. The molecule has 0 aromatic heterocycles. The number of aliphatic hydroxyl groups excluding tert-OH is 1. The van der Waals surface area contributed by atoms with E-state index in [1.807, 2.05) is 41.5 Å². The molecule has 25 nitrogen and oxygen atoms in total. The van der Waals surface area contributed by atoms with Gasteiger partial charge in [-0.15, -0.1) is 0 Å². The SMILES string of the molecule is CC(C)C[C@H]1C(=O)N(C)[C@@H](CC(C)C)C(=O)N[C@H](C(=O)N(C)[C@@H](Cc2ccccc2)C(=O)N[C@@H](C)C(=O)N2CCCCC2)CC(=O)N(C)[C@@H](C)C(=O)N(C)[C@@H](Cc2ccccc2)C(=O)N(C)[C@@H](CC(C)C)C(=O)N[C@@H]([C@@H](C)O)C(=O)N(C)[C@@H](C)C(=O)N[C@@H](C(C)C)C(=O)N1C. The lowest BCUT2D eigenvalue weighted by molar-refractivity contribution is -0.153. The van der Waals surface area contributed by atoms with Gasteiger partial charge < -0.3 is 65.6 Å². The van der Waals surface area contributed by atoms with Crippen LogP contribution < -0.4 is 21.3 Å². The molecular formula is C70H110N12O13. The maximum atomic E-state index is 15.6. The van der Waals surface area contributed by atoms with Gasteiger partial charge in [-0.2, -0.15) is 0 Å². The molecule has 2 saturated heterocycles. The van der Waals surface area contributed by atoms with Gasteiger partial charge in [0.05, 0.1) is 12.5 Å². The fourth-order valence-corrected chi connectivity index (χ4v) is 12.1. The first-order chi connectivity index (χ1) is 44.4. The molecule has 0 bridgehead atoms. The number of likely N-dealkylation sites (tertiary alicyclic amines) is 1. The predicted octanol–water partition coefficient (Wildman–Crippen LogP) is 2.85. The van der Waals surface area contributed by atoms with Gasteiger partial charge >= 0.3 is 0 Å². The topological polar surface area (TPSA) is 299 Å². The highest BCUT2D eigenvalue weighted by atomic mass is 16.3. The summed E-state index contributed by atoms with van der Waals surface area (Å²) < 4.78 is 0. The molecule has 0 unspecified atom stereocenters. The van der Waals surface area contributed by atoms with Crippen LogP contribution in [0, 0.1) is 23.7 Å². The summed E-state index contributed by atoms with van der Waals surface area (Å²) in [5.74, 6) is -10.2. The highest BCUT2D eigenvalue weighted by molar-refractivity contribution is 6.01. The number of benzene rings is 2. The van der Waals surface area contributed by atoms with E-state index in [0.717, 1.165) is 34.0 Å². The number of hydrogen-bond donors (Lipinski definition) is 5. The fraction of sp³-hybridized carbons (Fsp3) is 0.657. The number of likely N-dealkylation sites (N-methyl/N-ethyl adjacent to an activating group) is 7. The lowest BCUT2D eigenvalue weighted by atomic mass is 9.96. The molecule has 528 valence electrons. The van der Waals surface area contributed by atoms with Crippen LogP contribution in [0.5, 0.6) is 0 Å². The van der Waals surface area contributed by atoms with Gasteiger partial charge in [0.1, 0.15) is 66.5 Å². The molecule has 25 heteroatoms. The number of nitrogens with one attached hydrogen (secondary N) is 4. The number of nitrogens with zero attached hydrogens (tertiary/aromatic N) is 8. The number of carbonyl (C=O) groups is 12. The van der Waals surface area contributed by atoms with Crippen molar-refractivity contribution in [1.29, 1.82) is 0 Å². The van der Waals surface area contributed by atoms with Crippen molar-refractivity contribution in [2.45, 2.75) is 213 Å². The van der Waals surface area contributed by atoms with E-state index in [-0.39, 0.29) is 55.8 Å². The normalized spacial score (nSPS) is 24.7. The van der Waals surface area contributed by atoms with Crippen LogP contribution in [-0.4, -0.2) is 250 Å². The van der Waals surface area contributed by atoms with Gasteiger partial charge in [-0.3, -0.25) is 57.5 Å². The molecule has 2 aromatic rings. The number of amides is 12. The highest BCUT2D eigenvalue weighted by Crippen LogP contribution is 2.24. The van der Waals surface area contributed by atoms with Crippen LogP contribution in [0.15, 0.2) is 60.7 Å². The van der Waals surface area contributed by atoms with Crippen LogP contribution in [0.25, 0.3) is 0 Å². The summed E-state index contributed by atoms with van der Waals surface area (Å²) in [5.41, 5.74) is 1.27. The maximum absolute atomic E-state index is 15.6. The zero-order valence-electron chi connectivity index (χ0n) is 59.7. The van der Waals surface area contributed by atoms with Crippen molar-refractivity contribution in [3.63, 3.8) is 0 Å². The summed E-state index contributed by atoms with van der Waals surface area (Å²) in [6.45, 7) is 21.1. The zero-order valence-corrected chi connectivity index (χ0v) is 59.7. The van der Waals surface area contributed by atoms with E-state index in [0.29, 0.717) is 24.2 Å². The summed E-state index contributed by atoms with van der Waals surface area (Å²) in [4.78, 5) is 188. The zero-order chi connectivity index (χ0) is 71.6. The second kappa shape index (κ2) is 36.2. The first-order valence-electron chi connectivity index (χ1n) is 33.5. The summed E-state index contributed by atoms with van der Waals surface area (Å²) in [5, 5.41) is 22.2. The summed E-state index contributed by atoms with van der Waals surface area (Å²) >= 11 is 0. The van der Waals surface area contributed by atoms with Gasteiger partial charge in [0.15, 0.2) is 0 Å². The van der Waals surface area contributed by atoms with Crippen molar-refractivity contribution in [2.75, 3.05) is 62.4 Å². The Hall–Kier alpha value is -7.96. The molecular weight excluding hydrogens is 1220 g/mol. The van der Waals surface area contributed by atoms with Crippen LogP contribution in [-0.2, 0) is 70.4 Å². The van der Waals surface area contributed by atoms with Crippen LogP contribution in [0.2, 0.25) is 0 Å². The fourth-order valence-electron chi connectivity index (χ4n) is 12.1. The van der Waals surface area contributed by atoms with Crippen LogP contribution >= 0.6 is 0 Å². The standard InChI is InChI=1S/C70H110N12O13/c1-41(2)35-52-62(87)72-51(66(91)77(15)54(38-49-29-23-20-24-30-49)61(86)71-45(9)64(89)82-33-27-22-28-34-82)40-57(84)75(13)47(11)65(90)80(18)56(39-50-31-25-21-26-32-50)68(93)79(17)53(36-42(3)4)63(88)74-59(48(12)83)70(95)76(14)46(10)60(85)73-58(44(7)8)69(94)81(19)55(37-43(5)6)67(92)78(52)16/h20-21,23-26,29-32,41-48,51-56,58-59,83H,22,27-28,33-40H2,1-19H3,(H,71,86)(H,72,87)(H,73,85)(H,74,88)/t45-,46-,47-,48+,51-,52-,53-,54-,55-,56-,58-,59-/m0/s1. The third-order valence-electron chi connectivity index (χ3n) is 18.5. The molecule has 2 aliphatic heterocycles. The summed E-state index contributed by atoms with van der Waals surface area (Å²) in [6.07, 6.45) is 0.251. The van der Waals surface area contributed by atoms with Crippen molar-refractivity contribution in [3.8, 4) is 0 Å². The quantitative estimate of drug-likeness (QED) is 0.153. The van der Waals surface area contributed by atoms with E-state index in [1.54, 1.807) is 86.3 Å². The molecule has 12 amide bonds. The van der Waals surface area contributed by atoms with Crippen molar-refractivity contribution >= 4 is 70.9 Å². The highest BCUT2D eigenvalue weighted by Gasteiger charge is 2.45. The van der Waals surface area contributed by atoms with Crippen molar-refractivity contribution in [1.82, 2.24) is 60.5 Å². The molecule has 0 radical (unpaired) electrons. The minimum Gasteiger partial charge on any atom is -0.391 e. The van der Waals surface area contributed by atoms with Gasteiger partial charge in [0.2, 0.25) is 70.9 Å². The number of hydrogen-bond acceptors (Lipinski definition) is 13. The average Bonchev–Trinajstić information content (AvgIpc) is 0.824. The Morgan fingerprint density at radius 2 is 0.968 bits per heavy atom. The van der Waals surface area contributed by atoms with Gasteiger partial charge in [-0.25, -0.2) is 0 Å². The summed E-state index contributed by atoms with van der Waals surface area (Å²) in [7, 11) is 9.57. The van der Waals surface area contributed by atoms with Crippen molar-refractivity contribution in [3.05, 3.63) is 71.8 Å². The smallest absolute Gasteiger partial charge is 0.248 e. The van der Waals surface area contributed by atoms with Crippen LogP contribution in [0.1, 0.15) is 139 Å². The van der Waals surface area contributed by atoms with Crippen molar-refractivity contribution < 1.29 is 62.6 Å². The molecule has 2 fully saturated rings. The van der Waals surface area contributed by atoms with Gasteiger partial charge in [0, 0.05) is 75.3 Å². The number of piperidine rings is 1. The second-order valence-corrected chi connectivity index (χ2v) is 27.7. The Balaban J connectivity index is 1.98. The van der Waals surface area contributed by atoms with E-state index in [9.17, 15) is 33.9 Å². The first-order valence-corrected chi connectivity index (χ1v) is 33.5. The Bertz CT molecular complexity index is 2980. The van der Waals surface area contributed by atoms with E-state index in [4.69, 9.17) is 0 Å². The maximum Gasteiger partial charge on any atom is 0.248 e. The Labute approximate surface area is 563 Å². The Morgan fingerprint density at radius 3 is 1.46 bits per heavy atom. The van der Waals surface area contributed by atoms with Gasteiger partial charge in [-0.05, 0) is 101 Å². The van der Waals surface area contributed by atoms with Crippen LogP contribution in [0.4, 0.5) is 0 Å². The molecule has 4 rings (SSSR count). The monoisotopic (exact) mass is 1330 g/mol. The van der Waals surface area contributed by atoms with E-state index >= 15 is 28.8 Å². The minimum atomic E-state index is -1.78. The molecule has 2 aromatic carbocycles. The third-order valence-corrected chi connectivity index (χ3v) is 18.5. The summed E-state index contributed by atoms with van der Waals surface area (Å²) in [6, 6.07) is 2.68. The molecule has 0 spiro atoms. The molecule has 5 N–H and O–H groups in total. The average molecular weight is 1330 g/mol. The number of aliphatic hydroxyl groups is 1. The molecule has 0 saturated carbocycles. The molecule has 0 aliphatic carbocycles. The molecule has 12 atom stereocenters. The van der Waals surface area contributed by atoms with E-state index < -0.39 is 150 Å². The third kappa shape index (κ3) is 21.5. The van der Waals surface area contributed by atoms with E-state index in [1.165, 1.54) is 89.7 Å². The Morgan fingerprint density at radius 1 is 0.526 bits per heavy atom. The Kier molecular flexibility index (Phi) is 30.3. The predicted molar refractivity (Wildman–Crippen MR) is 361 cm³/mol. The number of carbonyl (C=O) groups excluding carboxylic acids is 12. The molecule has 2 heterocycles. The van der Waals surface area contributed by atoms with Gasteiger partial charge in [0.25, 0.3) is 0 Å². The second-order valence-electron chi connectivity index (χ2n) is 27.7. The molecule has 95 heavy (non-hydrogen) atoms.